The van der Waals surface area contributed by atoms with Crippen LogP contribution in [0.4, 0.5) is 0 Å². The van der Waals surface area contributed by atoms with E-state index >= 15 is 0 Å². The molecule has 434 valence electrons. The number of ether oxygens (including phenoxy) is 4. The van der Waals surface area contributed by atoms with E-state index in [1.165, 1.54) is 167 Å². The van der Waals surface area contributed by atoms with Gasteiger partial charge in [0.15, 0.2) is 12.6 Å². The Balaban J connectivity index is 1.78. The first-order valence-electron chi connectivity index (χ1n) is 30.2. The Morgan fingerprint density at radius 2 is 0.865 bits per heavy atom. The van der Waals surface area contributed by atoms with E-state index in [-0.39, 0.29) is 18.9 Å². The van der Waals surface area contributed by atoms with E-state index < -0.39 is 86.8 Å². The van der Waals surface area contributed by atoms with Gasteiger partial charge in [0.1, 0.15) is 48.8 Å². The van der Waals surface area contributed by atoms with Crippen LogP contribution in [0.5, 0.6) is 0 Å². The highest BCUT2D eigenvalue weighted by Gasteiger charge is 2.51. The molecule has 0 radical (unpaired) electrons. The van der Waals surface area contributed by atoms with Gasteiger partial charge in [-0.25, -0.2) is 0 Å². The topological polar surface area (TPSA) is 228 Å². The fourth-order valence-electron chi connectivity index (χ4n) is 9.91. The molecule has 0 aliphatic carbocycles. The minimum absolute atomic E-state index is 0.251. The Hall–Kier alpha value is -1.79. The summed E-state index contributed by atoms with van der Waals surface area (Å²) < 4.78 is 22.7. The Bertz CT molecular complexity index is 1380. The van der Waals surface area contributed by atoms with Gasteiger partial charge < -0.3 is 65.1 Å². The van der Waals surface area contributed by atoms with Gasteiger partial charge in [-0.05, 0) is 44.9 Å². The summed E-state index contributed by atoms with van der Waals surface area (Å²) in [5.41, 5.74) is 0. The number of allylic oxidation sites excluding steroid dienone is 5. The zero-order chi connectivity index (χ0) is 53.9. The van der Waals surface area contributed by atoms with Gasteiger partial charge in [0, 0.05) is 6.42 Å². The van der Waals surface area contributed by atoms with Crippen molar-refractivity contribution in [1.82, 2.24) is 5.32 Å². The fourth-order valence-corrected chi connectivity index (χ4v) is 9.91. The van der Waals surface area contributed by atoms with Gasteiger partial charge in [-0.15, -0.1) is 0 Å². The molecule has 2 rings (SSSR count). The van der Waals surface area contributed by atoms with Gasteiger partial charge in [-0.2, -0.15) is 0 Å². The number of nitrogens with one attached hydrogen (secondary N) is 1. The highest BCUT2D eigenvalue weighted by Crippen LogP contribution is 2.30. The molecule has 2 aliphatic rings. The van der Waals surface area contributed by atoms with Crippen LogP contribution in [0.2, 0.25) is 0 Å². The maximum Gasteiger partial charge on any atom is 0.220 e. The van der Waals surface area contributed by atoms with E-state index in [0.717, 1.165) is 44.9 Å². The smallest absolute Gasteiger partial charge is 0.220 e. The summed E-state index contributed by atoms with van der Waals surface area (Å²) in [6, 6.07) is -0.935. The van der Waals surface area contributed by atoms with Gasteiger partial charge in [0.05, 0.1) is 32.0 Å². The number of hydrogen-bond acceptors (Lipinski definition) is 13. The maximum atomic E-state index is 13.2. The lowest BCUT2D eigenvalue weighted by Crippen LogP contribution is -2.65. The summed E-state index contributed by atoms with van der Waals surface area (Å²) in [5, 5.41) is 87.0. The molecule has 0 aromatic rings. The quantitative estimate of drug-likeness (QED) is 0.0204. The van der Waals surface area contributed by atoms with Gasteiger partial charge in [0.25, 0.3) is 0 Å². The molecule has 14 nitrogen and oxygen atoms in total. The van der Waals surface area contributed by atoms with Crippen LogP contribution in [0.3, 0.4) is 0 Å². The van der Waals surface area contributed by atoms with Gasteiger partial charge in [-0.3, -0.25) is 4.79 Å². The summed E-state index contributed by atoms with van der Waals surface area (Å²) in [6.45, 7) is 2.79. The standard InChI is InChI=1S/C60H111NO13/c1-3-5-7-9-11-13-15-17-19-20-21-22-23-24-25-26-27-28-30-31-33-35-37-39-41-43-49(64)48(61-52(65)44-42-40-38-36-34-32-29-18-16-14-12-10-8-6-4-2)47-71-59-57(70)55(68)58(51(46-63)73-59)74-60-56(69)54(67)53(66)50(45-62)72-60/h27-28,33,35,41,43,48-51,53-60,62-64,66-70H,3-26,29-32,34,36-40,42,44-47H2,1-2H3,(H,61,65)/b28-27+,35-33+,43-41+. The summed E-state index contributed by atoms with van der Waals surface area (Å²) in [5.74, 6) is -0.251. The van der Waals surface area contributed by atoms with Crippen LogP contribution in [-0.4, -0.2) is 140 Å². The molecule has 0 bridgehead atoms. The monoisotopic (exact) mass is 1050 g/mol. The van der Waals surface area contributed by atoms with E-state index in [0.29, 0.717) is 12.8 Å². The molecule has 0 aromatic heterocycles. The molecule has 1 amide bonds. The van der Waals surface area contributed by atoms with Crippen molar-refractivity contribution in [3.05, 3.63) is 36.5 Å². The third-order valence-electron chi connectivity index (χ3n) is 14.8. The van der Waals surface area contributed by atoms with Crippen LogP contribution in [0.15, 0.2) is 36.5 Å². The Kier molecular flexibility index (Phi) is 42.6. The third-order valence-corrected chi connectivity index (χ3v) is 14.8. The molecular weight excluding hydrogens is 943 g/mol. The first-order valence-corrected chi connectivity index (χ1v) is 30.2. The number of carbonyl (C=O) groups excluding carboxylic acids is 1. The lowest BCUT2D eigenvalue weighted by atomic mass is 9.97. The van der Waals surface area contributed by atoms with Crippen molar-refractivity contribution in [1.29, 1.82) is 0 Å². The van der Waals surface area contributed by atoms with Crippen LogP contribution >= 0.6 is 0 Å². The molecule has 2 saturated heterocycles. The first kappa shape index (κ1) is 68.3. The normalized spacial score (nSPS) is 25.4. The highest BCUT2D eigenvalue weighted by atomic mass is 16.7. The average molecular weight is 1050 g/mol. The Morgan fingerprint density at radius 1 is 0.473 bits per heavy atom. The number of hydrogen-bond donors (Lipinski definition) is 9. The Morgan fingerprint density at radius 3 is 1.32 bits per heavy atom. The van der Waals surface area contributed by atoms with Crippen molar-refractivity contribution < 1.29 is 64.6 Å². The number of carbonyl (C=O) groups is 1. The SMILES string of the molecule is CCCCCCCCCCCCCCCCC/C=C/CC/C=C/CC/C=C/C(O)C(COC1OC(CO)C(OC2OC(CO)C(O)C(O)C2O)C(O)C1O)NC(=O)CCCCCCCCCCCCCCCCC. The molecule has 2 heterocycles. The summed E-state index contributed by atoms with van der Waals surface area (Å²) in [7, 11) is 0. The number of amides is 1. The van der Waals surface area contributed by atoms with Gasteiger partial charge >= 0.3 is 0 Å². The maximum absolute atomic E-state index is 13.2. The zero-order valence-corrected chi connectivity index (χ0v) is 46.6. The van der Waals surface area contributed by atoms with Crippen LogP contribution in [0, 0.1) is 0 Å². The fraction of sp³-hybridized carbons (Fsp3) is 0.883. The van der Waals surface area contributed by atoms with E-state index in [1.807, 2.05) is 6.08 Å². The van der Waals surface area contributed by atoms with Crippen LogP contribution in [0.1, 0.15) is 245 Å². The zero-order valence-electron chi connectivity index (χ0n) is 46.6. The van der Waals surface area contributed by atoms with Crippen LogP contribution < -0.4 is 5.32 Å². The number of aliphatic hydroxyl groups excluding tert-OH is 8. The van der Waals surface area contributed by atoms with Crippen molar-refractivity contribution in [2.24, 2.45) is 0 Å². The molecule has 14 heteroatoms. The largest absolute Gasteiger partial charge is 0.394 e. The third kappa shape index (κ3) is 31.6. The molecule has 12 unspecified atom stereocenters. The van der Waals surface area contributed by atoms with E-state index in [4.69, 9.17) is 18.9 Å². The van der Waals surface area contributed by atoms with Crippen molar-refractivity contribution >= 4 is 5.91 Å². The molecule has 2 aliphatic heterocycles. The second-order valence-electron chi connectivity index (χ2n) is 21.5. The lowest BCUT2D eigenvalue weighted by molar-refractivity contribution is -0.359. The van der Waals surface area contributed by atoms with Crippen LogP contribution in [-0.2, 0) is 23.7 Å². The van der Waals surface area contributed by atoms with E-state index in [9.17, 15) is 45.6 Å². The molecule has 12 atom stereocenters. The molecule has 0 saturated carbocycles. The second-order valence-corrected chi connectivity index (χ2v) is 21.5. The molecule has 0 spiro atoms. The highest BCUT2D eigenvalue weighted by molar-refractivity contribution is 5.76. The van der Waals surface area contributed by atoms with Crippen molar-refractivity contribution in [3.63, 3.8) is 0 Å². The van der Waals surface area contributed by atoms with Crippen molar-refractivity contribution in [2.75, 3.05) is 19.8 Å². The summed E-state index contributed by atoms with van der Waals surface area (Å²) in [6.07, 6.45) is 39.1. The molecule has 74 heavy (non-hydrogen) atoms. The van der Waals surface area contributed by atoms with Gasteiger partial charge in [0.2, 0.25) is 5.91 Å². The second kappa shape index (κ2) is 46.2. The van der Waals surface area contributed by atoms with Crippen LogP contribution in [0.25, 0.3) is 0 Å². The average Bonchev–Trinajstić information content (AvgIpc) is 3.40. The molecule has 2 fully saturated rings. The molecule has 0 aromatic carbocycles. The van der Waals surface area contributed by atoms with Crippen molar-refractivity contribution in [3.8, 4) is 0 Å². The summed E-state index contributed by atoms with van der Waals surface area (Å²) in [4.78, 5) is 13.2. The number of rotatable bonds is 48. The molecular formula is C60H111NO13. The minimum Gasteiger partial charge on any atom is -0.394 e. The first-order chi connectivity index (χ1) is 36.1. The number of unbranched alkanes of at least 4 members (excludes halogenated alkanes) is 31. The van der Waals surface area contributed by atoms with E-state index in [1.54, 1.807) is 6.08 Å². The lowest BCUT2D eigenvalue weighted by Gasteiger charge is -2.46. The van der Waals surface area contributed by atoms with Crippen molar-refractivity contribution in [2.45, 2.75) is 319 Å². The minimum atomic E-state index is -1.79. The number of aliphatic hydroxyl groups is 8. The predicted molar refractivity (Wildman–Crippen MR) is 295 cm³/mol. The predicted octanol–water partition coefficient (Wildman–Crippen LogP) is 10.2. The van der Waals surface area contributed by atoms with Gasteiger partial charge in [-0.1, -0.05) is 230 Å². The summed E-state index contributed by atoms with van der Waals surface area (Å²) >= 11 is 0. The Labute approximate surface area is 449 Å². The van der Waals surface area contributed by atoms with E-state index in [2.05, 4.69) is 43.5 Å². The molecule has 9 N–H and O–H groups in total.